The van der Waals surface area contributed by atoms with Crippen molar-refractivity contribution in [3.05, 3.63) is 23.2 Å². The number of nitrogens with one attached hydrogen (secondary N) is 1. The second-order valence-corrected chi connectivity index (χ2v) is 7.08. The second-order valence-electron chi connectivity index (χ2n) is 4.52. The highest BCUT2D eigenvalue weighted by atomic mass is 35.5. The topological polar surface area (TPSA) is 75.7 Å². The molecule has 0 aliphatic carbocycles. The Balaban J connectivity index is 2.78. The van der Waals surface area contributed by atoms with E-state index in [1.54, 1.807) is 0 Å². The summed E-state index contributed by atoms with van der Waals surface area (Å²) < 4.78 is 30.3. The van der Waals surface area contributed by atoms with Crippen LogP contribution >= 0.6 is 11.6 Å². The Labute approximate surface area is 130 Å². The molecule has 1 N–H and O–H groups in total. The third-order valence-electron chi connectivity index (χ3n) is 2.61. The summed E-state index contributed by atoms with van der Waals surface area (Å²) in [4.78, 5) is 11.5. The molecule has 0 atom stereocenters. The van der Waals surface area contributed by atoms with Crippen molar-refractivity contribution in [1.29, 1.82) is 0 Å². The van der Waals surface area contributed by atoms with E-state index >= 15 is 0 Å². The molecule has 8 heteroatoms. The smallest absolute Gasteiger partial charge is 0.257 e. The third-order valence-corrected chi connectivity index (χ3v) is 4.72. The van der Waals surface area contributed by atoms with Crippen LogP contribution in [0.1, 0.15) is 13.3 Å². The number of nitrogens with zero attached hydrogens (tertiary/aromatic N) is 1. The van der Waals surface area contributed by atoms with Gasteiger partial charge in [-0.15, -0.1) is 0 Å². The van der Waals surface area contributed by atoms with Gasteiger partial charge in [-0.1, -0.05) is 18.5 Å². The summed E-state index contributed by atoms with van der Waals surface area (Å²) in [6.45, 7) is 2.36. The molecule has 118 valence electrons. The molecule has 0 bridgehead atoms. The number of ether oxygens (including phenoxy) is 1. The summed E-state index contributed by atoms with van der Waals surface area (Å²) >= 11 is 5.99. The average molecular weight is 335 g/mol. The standard InChI is InChI=1S/C13H19ClN2O4S/c1-4-7-15-13(17)9-20-12-6-5-10(8-11(12)14)21(18,19)16(2)3/h5-6,8H,4,7,9H2,1-3H3,(H,15,17). The van der Waals surface area contributed by atoms with E-state index in [-0.39, 0.29) is 28.2 Å². The predicted molar refractivity (Wildman–Crippen MR) is 81.1 cm³/mol. The molecule has 1 aromatic carbocycles. The van der Waals surface area contributed by atoms with E-state index in [2.05, 4.69) is 5.32 Å². The van der Waals surface area contributed by atoms with Crippen molar-refractivity contribution in [1.82, 2.24) is 9.62 Å². The highest BCUT2D eigenvalue weighted by molar-refractivity contribution is 7.89. The summed E-state index contributed by atoms with van der Waals surface area (Å²) in [6, 6.07) is 4.13. The van der Waals surface area contributed by atoms with Crippen molar-refractivity contribution < 1.29 is 17.9 Å². The Kier molecular flexibility index (Phi) is 6.44. The Bertz CT molecular complexity index is 602. The lowest BCUT2D eigenvalue weighted by atomic mass is 10.3. The first-order valence-corrected chi connectivity index (χ1v) is 8.22. The largest absolute Gasteiger partial charge is 0.482 e. The fraction of sp³-hybridized carbons (Fsp3) is 0.462. The zero-order chi connectivity index (χ0) is 16.0. The van der Waals surface area contributed by atoms with E-state index in [1.807, 2.05) is 6.92 Å². The summed E-state index contributed by atoms with van der Waals surface area (Å²) in [7, 11) is -0.673. The molecular formula is C13H19ClN2O4S. The van der Waals surface area contributed by atoms with Crippen LogP contribution in [-0.2, 0) is 14.8 Å². The number of carbonyl (C=O) groups is 1. The molecule has 21 heavy (non-hydrogen) atoms. The number of halogens is 1. The predicted octanol–water partition coefficient (Wildman–Crippen LogP) is 1.50. The Morgan fingerprint density at radius 2 is 2.05 bits per heavy atom. The first-order chi connectivity index (χ1) is 9.78. The van der Waals surface area contributed by atoms with Crippen LogP contribution in [0.5, 0.6) is 5.75 Å². The van der Waals surface area contributed by atoms with Gasteiger partial charge >= 0.3 is 0 Å². The number of carbonyl (C=O) groups excluding carboxylic acids is 1. The number of benzene rings is 1. The monoisotopic (exact) mass is 334 g/mol. The quantitative estimate of drug-likeness (QED) is 0.819. The maximum atomic E-state index is 11.9. The molecular weight excluding hydrogens is 316 g/mol. The van der Waals surface area contributed by atoms with Crippen LogP contribution in [0.4, 0.5) is 0 Å². The lowest BCUT2D eigenvalue weighted by Crippen LogP contribution is -2.29. The van der Waals surface area contributed by atoms with Crippen LogP contribution in [0.15, 0.2) is 23.1 Å². The van der Waals surface area contributed by atoms with Crippen LogP contribution in [0, 0.1) is 0 Å². The molecule has 1 aromatic rings. The number of amides is 1. The van der Waals surface area contributed by atoms with E-state index in [0.717, 1.165) is 10.7 Å². The van der Waals surface area contributed by atoms with E-state index < -0.39 is 10.0 Å². The van der Waals surface area contributed by atoms with Gasteiger partial charge in [0.05, 0.1) is 9.92 Å². The number of sulfonamides is 1. The van der Waals surface area contributed by atoms with Crippen molar-refractivity contribution in [3.63, 3.8) is 0 Å². The molecule has 1 amide bonds. The Morgan fingerprint density at radius 3 is 2.57 bits per heavy atom. The molecule has 0 radical (unpaired) electrons. The summed E-state index contributed by atoms with van der Waals surface area (Å²) in [5, 5.41) is 2.80. The Morgan fingerprint density at radius 1 is 1.38 bits per heavy atom. The SMILES string of the molecule is CCCNC(=O)COc1ccc(S(=O)(=O)N(C)C)cc1Cl. The molecule has 0 aliphatic rings. The van der Waals surface area contributed by atoms with Crippen molar-refractivity contribution in [2.75, 3.05) is 27.2 Å². The lowest BCUT2D eigenvalue weighted by molar-refractivity contribution is -0.123. The van der Waals surface area contributed by atoms with E-state index in [0.29, 0.717) is 6.54 Å². The third kappa shape index (κ3) is 4.87. The van der Waals surface area contributed by atoms with E-state index in [9.17, 15) is 13.2 Å². The Hall–Kier alpha value is -1.31. The molecule has 0 aliphatic heterocycles. The molecule has 0 aromatic heterocycles. The summed E-state index contributed by atoms with van der Waals surface area (Å²) in [6.07, 6.45) is 0.837. The maximum Gasteiger partial charge on any atom is 0.257 e. The molecule has 0 saturated carbocycles. The fourth-order valence-corrected chi connectivity index (χ4v) is 2.66. The van der Waals surface area contributed by atoms with Gasteiger partial charge in [0.1, 0.15) is 5.75 Å². The minimum Gasteiger partial charge on any atom is -0.482 e. The summed E-state index contributed by atoms with van der Waals surface area (Å²) in [5.41, 5.74) is 0. The van der Waals surface area contributed by atoms with Gasteiger partial charge in [-0.2, -0.15) is 0 Å². The van der Waals surface area contributed by atoms with E-state index in [1.165, 1.54) is 32.3 Å². The van der Waals surface area contributed by atoms with Gasteiger partial charge in [-0.05, 0) is 24.6 Å². The van der Waals surface area contributed by atoms with Gasteiger partial charge in [-0.3, -0.25) is 4.79 Å². The van der Waals surface area contributed by atoms with E-state index in [4.69, 9.17) is 16.3 Å². The van der Waals surface area contributed by atoms with Gasteiger partial charge in [0, 0.05) is 20.6 Å². The van der Waals surface area contributed by atoms with Gasteiger partial charge in [0.2, 0.25) is 10.0 Å². The minimum absolute atomic E-state index is 0.0697. The molecule has 0 heterocycles. The summed E-state index contributed by atoms with van der Waals surface area (Å²) in [5.74, 6) is 0.0129. The normalized spacial score (nSPS) is 11.5. The maximum absolute atomic E-state index is 11.9. The molecule has 6 nitrogen and oxygen atoms in total. The zero-order valence-electron chi connectivity index (χ0n) is 12.2. The van der Waals surface area contributed by atoms with Gasteiger partial charge in [-0.25, -0.2) is 12.7 Å². The molecule has 0 spiro atoms. The highest BCUT2D eigenvalue weighted by Crippen LogP contribution is 2.28. The molecule has 1 rings (SSSR count). The van der Waals surface area contributed by atoms with Gasteiger partial charge < -0.3 is 10.1 Å². The van der Waals surface area contributed by atoms with Gasteiger partial charge in [0.15, 0.2) is 6.61 Å². The van der Waals surface area contributed by atoms with Crippen LogP contribution in [-0.4, -0.2) is 45.9 Å². The fourth-order valence-electron chi connectivity index (χ4n) is 1.43. The van der Waals surface area contributed by atoms with Crippen LogP contribution in [0.25, 0.3) is 0 Å². The highest BCUT2D eigenvalue weighted by Gasteiger charge is 2.18. The van der Waals surface area contributed by atoms with Crippen molar-refractivity contribution >= 4 is 27.5 Å². The van der Waals surface area contributed by atoms with Crippen LogP contribution < -0.4 is 10.1 Å². The first kappa shape index (κ1) is 17.7. The second kappa shape index (κ2) is 7.63. The zero-order valence-corrected chi connectivity index (χ0v) is 13.8. The number of hydrogen-bond donors (Lipinski definition) is 1. The minimum atomic E-state index is -3.55. The number of rotatable bonds is 7. The van der Waals surface area contributed by atoms with Crippen LogP contribution in [0.3, 0.4) is 0 Å². The lowest BCUT2D eigenvalue weighted by Gasteiger charge is -2.13. The average Bonchev–Trinajstić information content (AvgIpc) is 2.43. The van der Waals surface area contributed by atoms with Crippen molar-refractivity contribution in [3.8, 4) is 5.75 Å². The van der Waals surface area contributed by atoms with Crippen LogP contribution in [0.2, 0.25) is 5.02 Å². The number of hydrogen-bond acceptors (Lipinski definition) is 4. The van der Waals surface area contributed by atoms with Gasteiger partial charge in [0.25, 0.3) is 5.91 Å². The first-order valence-electron chi connectivity index (χ1n) is 6.40. The molecule has 0 unspecified atom stereocenters. The van der Waals surface area contributed by atoms with Crippen molar-refractivity contribution in [2.24, 2.45) is 0 Å². The van der Waals surface area contributed by atoms with Crippen molar-refractivity contribution in [2.45, 2.75) is 18.2 Å². The molecule has 0 saturated heterocycles. The molecule has 0 fully saturated rings.